The Kier molecular flexibility index (Phi) is 4.17. The van der Waals surface area contributed by atoms with Gasteiger partial charge in [0.15, 0.2) is 0 Å². The molecule has 0 N–H and O–H groups in total. The summed E-state index contributed by atoms with van der Waals surface area (Å²) in [6.45, 7) is 0.450. The maximum absolute atomic E-state index is 13.3. The quantitative estimate of drug-likeness (QED) is 0.571. The van der Waals surface area contributed by atoms with Gasteiger partial charge in [0.25, 0.3) is 0 Å². The van der Waals surface area contributed by atoms with E-state index in [-0.39, 0.29) is 0 Å². The molecule has 3 aromatic carbocycles. The van der Waals surface area contributed by atoms with Crippen LogP contribution < -0.4 is 8.61 Å². The van der Waals surface area contributed by atoms with E-state index in [0.717, 1.165) is 28.2 Å². The molecule has 1 heterocycles. The summed E-state index contributed by atoms with van der Waals surface area (Å²) in [5.41, 5.74) is 2.12. The minimum absolute atomic E-state index is 0.450. The van der Waals surface area contributed by atoms with Gasteiger partial charge in [0.05, 0.1) is 17.1 Å². The van der Waals surface area contributed by atoms with Crippen molar-refractivity contribution in [2.75, 3.05) is 20.5 Å². The first-order valence-electron chi connectivity index (χ1n) is 8.10. The van der Waals surface area contributed by atoms with E-state index >= 15 is 0 Å². The lowest BCUT2D eigenvalue weighted by Crippen LogP contribution is -2.36. The van der Waals surface area contributed by atoms with Gasteiger partial charge in [-0.05, 0) is 30.0 Å². The zero-order valence-corrected chi connectivity index (χ0v) is 15.9. The molecule has 0 unspecified atom stereocenters. The van der Waals surface area contributed by atoms with Crippen LogP contribution >= 0.6 is 15.9 Å². The third-order valence-electron chi connectivity index (χ3n) is 4.36. The van der Waals surface area contributed by atoms with Gasteiger partial charge in [0.2, 0.25) is 0 Å². The van der Waals surface area contributed by atoms with E-state index in [0.29, 0.717) is 17.9 Å². The zero-order chi connectivity index (χ0) is 17.4. The van der Waals surface area contributed by atoms with Crippen molar-refractivity contribution in [2.45, 2.75) is 6.42 Å². The molecule has 1 aliphatic heterocycles. The molecule has 4 rings (SSSR count). The molecule has 3 aromatic rings. The lowest BCUT2D eigenvalue weighted by molar-refractivity contribution is 0.593. The molecule has 0 saturated carbocycles. The molecule has 25 heavy (non-hydrogen) atoms. The van der Waals surface area contributed by atoms with Crippen molar-refractivity contribution in [3.8, 4) is 0 Å². The van der Waals surface area contributed by atoms with Gasteiger partial charge in [-0.2, -0.15) is 8.42 Å². The van der Waals surface area contributed by atoms with E-state index < -0.39 is 10.2 Å². The molecular formula is C19H17BrN2O2S. The van der Waals surface area contributed by atoms with Crippen molar-refractivity contribution in [1.82, 2.24) is 0 Å². The van der Waals surface area contributed by atoms with E-state index in [1.54, 1.807) is 0 Å². The average Bonchev–Trinajstić information content (AvgIpc) is 2.85. The number of alkyl halides is 1. The Morgan fingerprint density at radius 3 is 2.24 bits per heavy atom. The summed E-state index contributed by atoms with van der Waals surface area (Å²) in [5.74, 6) is 0. The third kappa shape index (κ3) is 2.60. The lowest BCUT2D eigenvalue weighted by atomic mass is 10.1. The highest BCUT2D eigenvalue weighted by Crippen LogP contribution is 2.46. The van der Waals surface area contributed by atoms with Crippen LogP contribution in [-0.4, -0.2) is 20.3 Å². The topological polar surface area (TPSA) is 40.6 Å². The van der Waals surface area contributed by atoms with E-state index in [9.17, 15) is 8.42 Å². The van der Waals surface area contributed by atoms with Crippen molar-refractivity contribution in [3.05, 3.63) is 66.7 Å². The second-order valence-electron chi connectivity index (χ2n) is 5.87. The van der Waals surface area contributed by atoms with E-state index in [1.807, 2.05) is 66.7 Å². The molecule has 0 spiro atoms. The lowest BCUT2D eigenvalue weighted by Gasteiger charge is -2.22. The number of fused-ring (bicyclic) bond motifs is 2. The number of benzene rings is 3. The van der Waals surface area contributed by atoms with Crippen LogP contribution in [0.15, 0.2) is 66.7 Å². The van der Waals surface area contributed by atoms with Crippen molar-refractivity contribution in [3.63, 3.8) is 0 Å². The van der Waals surface area contributed by atoms with Crippen molar-refractivity contribution < 1.29 is 8.42 Å². The first-order valence-corrected chi connectivity index (χ1v) is 10.6. The second kappa shape index (κ2) is 6.35. The minimum atomic E-state index is -3.66. The largest absolute Gasteiger partial charge is 0.330 e. The van der Waals surface area contributed by atoms with E-state index in [4.69, 9.17) is 0 Å². The van der Waals surface area contributed by atoms with Crippen LogP contribution in [0.25, 0.3) is 10.8 Å². The summed E-state index contributed by atoms with van der Waals surface area (Å²) in [4.78, 5) is 0. The van der Waals surface area contributed by atoms with Gasteiger partial charge in [0.1, 0.15) is 0 Å². The summed E-state index contributed by atoms with van der Waals surface area (Å²) < 4.78 is 29.6. The van der Waals surface area contributed by atoms with Gasteiger partial charge >= 0.3 is 10.2 Å². The molecule has 0 aromatic heterocycles. The molecule has 0 fully saturated rings. The number of para-hydroxylation sites is 2. The van der Waals surface area contributed by atoms with Gasteiger partial charge in [-0.1, -0.05) is 64.5 Å². The Morgan fingerprint density at radius 1 is 0.800 bits per heavy atom. The van der Waals surface area contributed by atoms with Gasteiger partial charge in [-0.25, -0.2) is 4.31 Å². The highest BCUT2D eigenvalue weighted by atomic mass is 79.9. The molecule has 4 nitrogen and oxygen atoms in total. The Labute approximate surface area is 156 Å². The highest BCUT2D eigenvalue weighted by Gasteiger charge is 2.41. The zero-order valence-electron chi connectivity index (χ0n) is 13.5. The molecule has 1 aliphatic rings. The van der Waals surface area contributed by atoms with Gasteiger partial charge in [0, 0.05) is 17.3 Å². The maximum atomic E-state index is 13.3. The molecule has 0 aliphatic carbocycles. The SMILES string of the molecule is O=S1(=O)N(CCCBr)c2ccccc2N1c1cccc2ccccc12. The second-order valence-corrected chi connectivity index (χ2v) is 8.37. The van der Waals surface area contributed by atoms with Gasteiger partial charge in [-0.3, -0.25) is 4.31 Å². The number of nitrogens with zero attached hydrogens (tertiary/aromatic N) is 2. The molecule has 6 heteroatoms. The number of hydrogen-bond donors (Lipinski definition) is 0. The average molecular weight is 417 g/mol. The summed E-state index contributed by atoms with van der Waals surface area (Å²) in [7, 11) is -3.66. The van der Waals surface area contributed by atoms with Crippen LogP contribution in [0.1, 0.15) is 6.42 Å². The molecule has 128 valence electrons. The number of hydrogen-bond acceptors (Lipinski definition) is 2. The summed E-state index contributed by atoms with van der Waals surface area (Å²) in [5, 5.41) is 2.70. The van der Waals surface area contributed by atoms with Crippen LogP contribution in [0.5, 0.6) is 0 Å². The van der Waals surface area contributed by atoms with Crippen LogP contribution in [0.4, 0.5) is 17.1 Å². The fourth-order valence-electron chi connectivity index (χ4n) is 3.27. The normalized spacial score (nSPS) is 15.6. The number of rotatable bonds is 4. The van der Waals surface area contributed by atoms with E-state index in [2.05, 4.69) is 15.9 Å². The molecule has 0 saturated heterocycles. The fraction of sp³-hybridized carbons (Fsp3) is 0.158. The van der Waals surface area contributed by atoms with Gasteiger partial charge < -0.3 is 0 Å². The summed E-state index contributed by atoms with van der Waals surface area (Å²) in [6, 6.07) is 21.1. The number of anilines is 3. The monoisotopic (exact) mass is 416 g/mol. The fourth-order valence-corrected chi connectivity index (χ4v) is 5.29. The minimum Gasteiger partial charge on any atom is -0.251 e. The van der Waals surface area contributed by atoms with Crippen molar-refractivity contribution in [2.24, 2.45) is 0 Å². The van der Waals surface area contributed by atoms with Crippen LogP contribution in [0.3, 0.4) is 0 Å². The number of halogens is 1. The predicted molar refractivity (Wildman–Crippen MR) is 107 cm³/mol. The Morgan fingerprint density at radius 2 is 1.44 bits per heavy atom. The summed E-state index contributed by atoms with van der Waals surface area (Å²) >= 11 is 3.39. The van der Waals surface area contributed by atoms with Gasteiger partial charge in [-0.15, -0.1) is 0 Å². The van der Waals surface area contributed by atoms with E-state index in [1.165, 1.54) is 8.61 Å². The standard InChI is InChI=1S/C19H17BrN2O2S/c20-13-6-14-21-18-10-3-4-11-19(18)22(25(21,23)24)17-12-5-8-15-7-1-2-9-16(15)17/h1-5,7-12H,6,13-14H2. The van der Waals surface area contributed by atoms with Crippen molar-refractivity contribution in [1.29, 1.82) is 0 Å². The first kappa shape index (κ1) is 16.4. The predicted octanol–water partition coefficient (Wildman–Crippen LogP) is 4.83. The molecule has 0 radical (unpaired) electrons. The Bertz CT molecular complexity index is 1030. The molecular weight excluding hydrogens is 400 g/mol. The van der Waals surface area contributed by atoms with Crippen LogP contribution in [0.2, 0.25) is 0 Å². The summed E-state index contributed by atoms with van der Waals surface area (Å²) in [6.07, 6.45) is 0.747. The highest BCUT2D eigenvalue weighted by molar-refractivity contribution is 9.09. The smallest absolute Gasteiger partial charge is 0.251 e. The molecule has 0 atom stereocenters. The van der Waals surface area contributed by atoms with Crippen LogP contribution in [0, 0.1) is 0 Å². The van der Waals surface area contributed by atoms with Crippen molar-refractivity contribution >= 4 is 54.0 Å². The molecule has 0 amide bonds. The Hall–Kier alpha value is -2.05. The first-order chi connectivity index (χ1) is 12.1. The molecule has 0 bridgehead atoms. The van der Waals surface area contributed by atoms with Crippen LogP contribution in [-0.2, 0) is 10.2 Å². The Balaban J connectivity index is 1.95. The third-order valence-corrected chi connectivity index (χ3v) is 6.71. The maximum Gasteiger partial charge on any atom is 0.330 e.